The summed E-state index contributed by atoms with van der Waals surface area (Å²) in [5.41, 5.74) is 2.36. The summed E-state index contributed by atoms with van der Waals surface area (Å²) in [4.78, 5) is 4.18. The lowest BCUT2D eigenvalue weighted by atomic mass is 10.00. The summed E-state index contributed by atoms with van der Waals surface area (Å²) >= 11 is 0. The van der Waals surface area contributed by atoms with E-state index < -0.39 is 0 Å². The molecule has 0 atom stereocenters. The van der Waals surface area contributed by atoms with E-state index in [2.05, 4.69) is 36.0 Å². The zero-order valence-corrected chi connectivity index (χ0v) is 8.51. The van der Waals surface area contributed by atoms with Crippen molar-refractivity contribution in [1.29, 1.82) is 0 Å². The Morgan fingerprint density at radius 3 is 1.47 bits per heavy atom. The van der Waals surface area contributed by atoms with Crippen molar-refractivity contribution in [3.63, 3.8) is 0 Å². The van der Waals surface area contributed by atoms with Gasteiger partial charge in [0.05, 0.1) is 6.04 Å². The Labute approximate surface area is 90.1 Å². The average Bonchev–Trinajstić information content (AvgIpc) is 2.33. The van der Waals surface area contributed by atoms with Crippen molar-refractivity contribution in [3.8, 4) is 0 Å². The van der Waals surface area contributed by atoms with Crippen LogP contribution in [0.1, 0.15) is 17.2 Å². The molecule has 0 saturated heterocycles. The molecule has 0 aliphatic heterocycles. The number of rotatable bonds is 3. The van der Waals surface area contributed by atoms with Gasteiger partial charge in [0.2, 0.25) is 0 Å². The molecule has 15 heavy (non-hydrogen) atoms. The number of hydrogen-bond acceptors (Lipinski definition) is 1. The van der Waals surface area contributed by atoms with Crippen LogP contribution in [-0.4, -0.2) is 6.72 Å². The predicted molar refractivity (Wildman–Crippen MR) is 64.3 cm³/mol. The smallest absolute Gasteiger partial charge is 0.0992 e. The Morgan fingerprint density at radius 2 is 1.13 bits per heavy atom. The third-order valence-corrected chi connectivity index (χ3v) is 2.41. The first-order chi connectivity index (χ1) is 7.42. The SMILES string of the molecule is C=NC(c1ccccc1)c1ccccc1. The summed E-state index contributed by atoms with van der Waals surface area (Å²) in [6.07, 6.45) is 0. The van der Waals surface area contributed by atoms with E-state index in [1.165, 1.54) is 11.1 Å². The van der Waals surface area contributed by atoms with Gasteiger partial charge in [-0.1, -0.05) is 60.7 Å². The molecule has 0 unspecified atom stereocenters. The van der Waals surface area contributed by atoms with Crippen LogP contribution in [0.25, 0.3) is 0 Å². The molecule has 0 N–H and O–H groups in total. The molecule has 0 aromatic heterocycles. The molecule has 0 amide bonds. The normalized spacial score (nSPS) is 10.2. The maximum absolute atomic E-state index is 4.18. The van der Waals surface area contributed by atoms with Crippen LogP contribution in [0.3, 0.4) is 0 Å². The second kappa shape index (κ2) is 4.56. The van der Waals surface area contributed by atoms with Crippen LogP contribution < -0.4 is 0 Å². The van der Waals surface area contributed by atoms with Crippen LogP contribution in [0.5, 0.6) is 0 Å². The maximum Gasteiger partial charge on any atom is 0.0992 e. The van der Waals surface area contributed by atoms with Crippen LogP contribution in [-0.2, 0) is 0 Å². The zero-order chi connectivity index (χ0) is 10.5. The number of benzene rings is 2. The highest BCUT2D eigenvalue weighted by Crippen LogP contribution is 2.24. The lowest BCUT2D eigenvalue weighted by molar-refractivity contribution is 0.882. The molecular weight excluding hydrogens is 182 g/mol. The molecule has 0 radical (unpaired) electrons. The van der Waals surface area contributed by atoms with Gasteiger partial charge in [-0.3, -0.25) is 4.99 Å². The van der Waals surface area contributed by atoms with Crippen LogP contribution in [0, 0.1) is 0 Å². The monoisotopic (exact) mass is 195 g/mol. The fourth-order valence-electron chi connectivity index (χ4n) is 1.67. The molecule has 0 aliphatic carbocycles. The van der Waals surface area contributed by atoms with Crippen molar-refractivity contribution < 1.29 is 0 Å². The summed E-state index contributed by atoms with van der Waals surface area (Å²) in [6.45, 7) is 3.66. The third-order valence-electron chi connectivity index (χ3n) is 2.41. The number of aliphatic imine (C=N–C) groups is 1. The van der Waals surface area contributed by atoms with Crippen molar-refractivity contribution in [2.24, 2.45) is 4.99 Å². The largest absolute Gasteiger partial charge is 0.288 e. The van der Waals surface area contributed by atoms with Crippen LogP contribution in [0.15, 0.2) is 65.7 Å². The minimum absolute atomic E-state index is 0.0485. The Hall–Kier alpha value is -1.89. The topological polar surface area (TPSA) is 12.4 Å². The molecule has 2 aromatic rings. The molecule has 0 aliphatic rings. The second-order valence-corrected chi connectivity index (χ2v) is 3.41. The average molecular weight is 195 g/mol. The van der Waals surface area contributed by atoms with Gasteiger partial charge in [-0.05, 0) is 17.8 Å². The summed E-state index contributed by atoms with van der Waals surface area (Å²) < 4.78 is 0. The van der Waals surface area contributed by atoms with E-state index in [-0.39, 0.29) is 6.04 Å². The highest BCUT2D eigenvalue weighted by atomic mass is 14.7. The Bertz CT molecular complexity index is 380. The molecule has 74 valence electrons. The van der Waals surface area contributed by atoms with Gasteiger partial charge in [0.25, 0.3) is 0 Å². The van der Waals surface area contributed by atoms with E-state index in [0.29, 0.717) is 0 Å². The van der Waals surface area contributed by atoms with Crippen molar-refractivity contribution in [2.45, 2.75) is 6.04 Å². The minimum Gasteiger partial charge on any atom is -0.288 e. The van der Waals surface area contributed by atoms with Gasteiger partial charge in [0.15, 0.2) is 0 Å². The van der Waals surface area contributed by atoms with Crippen molar-refractivity contribution in [1.82, 2.24) is 0 Å². The Balaban J connectivity index is 2.38. The Kier molecular flexibility index (Phi) is 2.93. The van der Waals surface area contributed by atoms with Crippen molar-refractivity contribution >= 4 is 6.72 Å². The lowest BCUT2D eigenvalue weighted by Gasteiger charge is -2.12. The third kappa shape index (κ3) is 2.13. The van der Waals surface area contributed by atoms with Gasteiger partial charge < -0.3 is 0 Å². The molecule has 1 nitrogen and oxygen atoms in total. The standard InChI is InChI=1S/C14H13N/c1-15-14(12-8-4-2-5-9-12)13-10-6-3-7-11-13/h2-11,14H,1H2. The molecule has 2 rings (SSSR count). The molecule has 0 heterocycles. The highest BCUT2D eigenvalue weighted by Gasteiger charge is 2.09. The lowest BCUT2D eigenvalue weighted by Crippen LogP contribution is -1.96. The van der Waals surface area contributed by atoms with E-state index >= 15 is 0 Å². The van der Waals surface area contributed by atoms with Gasteiger partial charge >= 0.3 is 0 Å². The van der Waals surface area contributed by atoms with Crippen molar-refractivity contribution in [2.75, 3.05) is 0 Å². The van der Waals surface area contributed by atoms with Crippen molar-refractivity contribution in [3.05, 3.63) is 71.8 Å². The summed E-state index contributed by atoms with van der Waals surface area (Å²) in [6, 6.07) is 20.5. The zero-order valence-electron chi connectivity index (χ0n) is 8.51. The van der Waals surface area contributed by atoms with Crippen LogP contribution in [0.4, 0.5) is 0 Å². The molecule has 0 spiro atoms. The number of nitrogens with zero attached hydrogens (tertiary/aromatic N) is 1. The van der Waals surface area contributed by atoms with Gasteiger partial charge in [0.1, 0.15) is 0 Å². The quantitative estimate of drug-likeness (QED) is 0.665. The predicted octanol–water partition coefficient (Wildman–Crippen LogP) is 3.48. The van der Waals surface area contributed by atoms with Gasteiger partial charge in [0, 0.05) is 0 Å². The van der Waals surface area contributed by atoms with Gasteiger partial charge in [-0.15, -0.1) is 0 Å². The van der Waals surface area contributed by atoms with Crippen LogP contribution in [0.2, 0.25) is 0 Å². The molecule has 2 aromatic carbocycles. The first kappa shape index (κ1) is 9.66. The van der Waals surface area contributed by atoms with E-state index in [1.54, 1.807) is 0 Å². The maximum atomic E-state index is 4.18. The van der Waals surface area contributed by atoms with E-state index in [1.807, 2.05) is 36.4 Å². The Morgan fingerprint density at radius 1 is 0.733 bits per heavy atom. The first-order valence-corrected chi connectivity index (χ1v) is 4.97. The minimum atomic E-state index is 0.0485. The molecule has 0 saturated carbocycles. The van der Waals surface area contributed by atoms with E-state index in [4.69, 9.17) is 0 Å². The van der Waals surface area contributed by atoms with Gasteiger partial charge in [-0.25, -0.2) is 0 Å². The fourth-order valence-corrected chi connectivity index (χ4v) is 1.67. The summed E-state index contributed by atoms with van der Waals surface area (Å²) in [5, 5.41) is 0. The van der Waals surface area contributed by atoms with Crippen LogP contribution >= 0.6 is 0 Å². The fraction of sp³-hybridized carbons (Fsp3) is 0.0714. The molecule has 0 fully saturated rings. The van der Waals surface area contributed by atoms with E-state index in [9.17, 15) is 0 Å². The van der Waals surface area contributed by atoms with Gasteiger partial charge in [-0.2, -0.15) is 0 Å². The first-order valence-electron chi connectivity index (χ1n) is 4.97. The highest BCUT2D eigenvalue weighted by molar-refractivity contribution is 5.36. The van der Waals surface area contributed by atoms with E-state index in [0.717, 1.165) is 0 Å². The number of hydrogen-bond donors (Lipinski definition) is 0. The molecule has 0 bridgehead atoms. The second-order valence-electron chi connectivity index (χ2n) is 3.41. The molecule has 1 heteroatoms. The molecular formula is C14H13N. The summed E-state index contributed by atoms with van der Waals surface area (Å²) in [5.74, 6) is 0. The summed E-state index contributed by atoms with van der Waals surface area (Å²) in [7, 11) is 0.